The van der Waals surface area contributed by atoms with Crippen molar-refractivity contribution in [2.45, 2.75) is 0 Å². The molecule has 0 saturated heterocycles. The standard InChI is InChI=1S/C23H18N2O5/c1-30-23(27)20(24-22(26)17-9-3-2-4-10-17)15-16-8-7-11-18(14-16)19-12-5-6-13-21(19)25(28)29/h2-15H,1H3,(H,24,26). The number of carbonyl (C=O) groups is 2. The van der Waals surface area contributed by atoms with Gasteiger partial charge in [0, 0.05) is 11.6 Å². The van der Waals surface area contributed by atoms with Crippen LogP contribution in [0.3, 0.4) is 0 Å². The van der Waals surface area contributed by atoms with Crippen molar-refractivity contribution in [1.82, 2.24) is 5.32 Å². The van der Waals surface area contributed by atoms with Crippen molar-refractivity contribution in [2.75, 3.05) is 7.11 Å². The van der Waals surface area contributed by atoms with E-state index in [-0.39, 0.29) is 11.4 Å². The van der Waals surface area contributed by atoms with Crippen molar-refractivity contribution in [3.05, 3.63) is 106 Å². The van der Waals surface area contributed by atoms with Crippen LogP contribution in [0.5, 0.6) is 0 Å². The fraction of sp³-hybridized carbons (Fsp3) is 0.0435. The number of nitro benzene ring substituents is 1. The summed E-state index contributed by atoms with van der Waals surface area (Å²) in [4.78, 5) is 35.5. The number of carbonyl (C=O) groups excluding carboxylic acids is 2. The Labute approximate surface area is 172 Å². The molecule has 0 aliphatic heterocycles. The molecule has 0 aromatic heterocycles. The van der Waals surface area contributed by atoms with E-state index in [4.69, 9.17) is 4.74 Å². The minimum absolute atomic E-state index is 0.0239. The molecule has 0 unspecified atom stereocenters. The average molecular weight is 402 g/mol. The third kappa shape index (κ3) is 4.77. The Morgan fingerprint density at radius 3 is 2.37 bits per heavy atom. The van der Waals surface area contributed by atoms with Crippen LogP contribution in [0.2, 0.25) is 0 Å². The highest BCUT2D eigenvalue weighted by molar-refractivity contribution is 6.03. The maximum absolute atomic E-state index is 12.4. The molecule has 0 bridgehead atoms. The third-order valence-corrected chi connectivity index (χ3v) is 4.30. The maximum atomic E-state index is 12.4. The Morgan fingerprint density at radius 1 is 0.967 bits per heavy atom. The Morgan fingerprint density at radius 2 is 1.67 bits per heavy atom. The van der Waals surface area contributed by atoms with E-state index in [1.807, 2.05) is 0 Å². The van der Waals surface area contributed by atoms with Crippen LogP contribution in [-0.2, 0) is 9.53 Å². The molecule has 0 radical (unpaired) electrons. The smallest absolute Gasteiger partial charge is 0.354 e. The lowest BCUT2D eigenvalue weighted by Gasteiger charge is -2.09. The molecule has 150 valence electrons. The molecule has 3 aromatic carbocycles. The topological polar surface area (TPSA) is 98.5 Å². The zero-order valence-electron chi connectivity index (χ0n) is 16.1. The van der Waals surface area contributed by atoms with E-state index in [2.05, 4.69) is 5.32 Å². The quantitative estimate of drug-likeness (QED) is 0.288. The molecule has 0 fully saturated rings. The minimum Gasteiger partial charge on any atom is -0.464 e. The Kier molecular flexibility index (Phi) is 6.34. The van der Waals surface area contributed by atoms with Gasteiger partial charge in [-0.05, 0) is 41.5 Å². The van der Waals surface area contributed by atoms with Gasteiger partial charge in [-0.25, -0.2) is 4.79 Å². The van der Waals surface area contributed by atoms with Crippen molar-refractivity contribution in [2.24, 2.45) is 0 Å². The number of benzene rings is 3. The normalized spacial score (nSPS) is 10.9. The van der Waals surface area contributed by atoms with Crippen LogP contribution in [0, 0.1) is 10.1 Å². The minimum atomic E-state index is -0.713. The van der Waals surface area contributed by atoms with E-state index in [0.29, 0.717) is 22.3 Å². The highest BCUT2D eigenvalue weighted by Gasteiger charge is 2.16. The molecular weight excluding hydrogens is 384 g/mol. The molecule has 7 nitrogen and oxygen atoms in total. The average Bonchev–Trinajstić information content (AvgIpc) is 2.78. The molecular formula is C23H18N2O5. The van der Waals surface area contributed by atoms with Gasteiger partial charge >= 0.3 is 5.97 Å². The van der Waals surface area contributed by atoms with Gasteiger partial charge in [-0.3, -0.25) is 14.9 Å². The molecule has 0 atom stereocenters. The number of esters is 1. The van der Waals surface area contributed by atoms with Crippen molar-refractivity contribution >= 4 is 23.6 Å². The van der Waals surface area contributed by atoms with Crippen LogP contribution in [0.25, 0.3) is 17.2 Å². The van der Waals surface area contributed by atoms with Gasteiger partial charge in [0.1, 0.15) is 5.70 Å². The molecule has 3 rings (SSSR count). The molecule has 1 N–H and O–H groups in total. The zero-order chi connectivity index (χ0) is 21.5. The van der Waals surface area contributed by atoms with Crippen LogP contribution in [0.15, 0.2) is 84.6 Å². The fourth-order valence-corrected chi connectivity index (χ4v) is 2.88. The first kappa shape index (κ1) is 20.5. The number of nitro groups is 1. The maximum Gasteiger partial charge on any atom is 0.354 e. The highest BCUT2D eigenvalue weighted by atomic mass is 16.6. The van der Waals surface area contributed by atoms with Gasteiger partial charge < -0.3 is 10.1 Å². The fourth-order valence-electron chi connectivity index (χ4n) is 2.88. The van der Waals surface area contributed by atoms with E-state index >= 15 is 0 Å². The molecule has 0 spiro atoms. The summed E-state index contributed by atoms with van der Waals surface area (Å²) in [5.41, 5.74) is 1.94. The summed E-state index contributed by atoms with van der Waals surface area (Å²) < 4.78 is 4.78. The van der Waals surface area contributed by atoms with Crippen LogP contribution in [-0.4, -0.2) is 23.9 Å². The first-order valence-electron chi connectivity index (χ1n) is 9.00. The summed E-state index contributed by atoms with van der Waals surface area (Å²) in [5.74, 6) is -1.17. The van der Waals surface area contributed by atoms with Crippen LogP contribution in [0.4, 0.5) is 5.69 Å². The number of hydrogen-bond donors (Lipinski definition) is 1. The van der Waals surface area contributed by atoms with Gasteiger partial charge in [0.2, 0.25) is 0 Å². The number of nitrogens with zero attached hydrogens (tertiary/aromatic N) is 1. The van der Waals surface area contributed by atoms with Gasteiger partial charge in [-0.1, -0.05) is 48.5 Å². The van der Waals surface area contributed by atoms with Crippen molar-refractivity contribution in [3.8, 4) is 11.1 Å². The van der Waals surface area contributed by atoms with Crippen molar-refractivity contribution in [1.29, 1.82) is 0 Å². The number of methoxy groups -OCH3 is 1. The lowest BCUT2D eigenvalue weighted by molar-refractivity contribution is -0.384. The third-order valence-electron chi connectivity index (χ3n) is 4.30. The number of rotatable bonds is 6. The number of hydrogen-bond acceptors (Lipinski definition) is 5. The number of nitrogens with one attached hydrogen (secondary N) is 1. The zero-order valence-corrected chi connectivity index (χ0v) is 16.1. The summed E-state index contributed by atoms with van der Waals surface area (Å²) in [7, 11) is 1.22. The monoisotopic (exact) mass is 402 g/mol. The summed E-state index contributed by atoms with van der Waals surface area (Å²) in [6.07, 6.45) is 1.46. The first-order chi connectivity index (χ1) is 14.5. The highest BCUT2D eigenvalue weighted by Crippen LogP contribution is 2.30. The van der Waals surface area contributed by atoms with E-state index in [1.54, 1.807) is 72.8 Å². The van der Waals surface area contributed by atoms with Gasteiger partial charge in [-0.15, -0.1) is 0 Å². The largest absolute Gasteiger partial charge is 0.464 e. The van der Waals surface area contributed by atoms with Crippen LogP contribution >= 0.6 is 0 Å². The van der Waals surface area contributed by atoms with E-state index in [9.17, 15) is 19.7 Å². The van der Waals surface area contributed by atoms with Crippen molar-refractivity contribution < 1.29 is 19.2 Å². The molecule has 30 heavy (non-hydrogen) atoms. The second kappa shape index (κ2) is 9.29. The first-order valence-corrected chi connectivity index (χ1v) is 9.00. The summed E-state index contributed by atoms with van der Waals surface area (Å²) in [6, 6.07) is 21.7. The van der Waals surface area contributed by atoms with Gasteiger partial charge in [-0.2, -0.15) is 0 Å². The Bertz CT molecular complexity index is 1120. The molecule has 3 aromatic rings. The van der Waals surface area contributed by atoms with E-state index in [1.165, 1.54) is 19.3 Å². The Balaban J connectivity index is 1.97. The Hall–Kier alpha value is -4.26. The number of ether oxygens (including phenoxy) is 1. The lowest BCUT2D eigenvalue weighted by atomic mass is 10.0. The van der Waals surface area contributed by atoms with Gasteiger partial charge in [0.25, 0.3) is 11.6 Å². The molecule has 1 amide bonds. The van der Waals surface area contributed by atoms with Gasteiger partial charge in [0.05, 0.1) is 17.6 Å². The summed E-state index contributed by atoms with van der Waals surface area (Å²) in [5, 5.41) is 13.9. The van der Waals surface area contributed by atoms with E-state index in [0.717, 1.165) is 0 Å². The molecule has 0 heterocycles. The predicted octanol–water partition coefficient (Wildman–Crippen LogP) is 4.21. The second-order valence-corrected chi connectivity index (χ2v) is 6.27. The van der Waals surface area contributed by atoms with Crippen LogP contribution < -0.4 is 5.32 Å². The molecule has 0 saturated carbocycles. The van der Waals surface area contributed by atoms with Crippen LogP contribution in [0.1, 0.15) is 15.9 Å². The number of amides is 1. The predicted molar refractivity (Wildman–Crippen MR) is 112 cm³/mol. The van der Waals surface area contributed by atoms with Gasteiger partial charge in [0.15, 0.2) is 0 Å². The number of para-hydroxylation sites is 1. The molecule has 0 aliphatic rings. The molecule has 0 aliphatic carbocycles. The van der Waals surface area contributed by atoms with E-state index < -0.39 is 16.8 Å². The summed E-state index contributed by atoms with van der Waals surface area (Å²) >= 11 is 0. The van der Waals surface area contributed by atoms with Crippen molar-refractivity contribution in [3.63, 3.8) is 0 Å². The lowest BCUT2D eigenvalue weighted by Crippen LogP contribution is -2.28. The SMILES string of the molecule is COC(=O)C(=Cc1cccc(-c2ccccc2[N+](=O)[O-])c1)NC(=O)c1ccccc1. The molecule has 7 heteroatoms. The second-order valence-electron chi connectivity index (χ2n) is 6.27. The summed E-state index contributed by atoms with van der Waals surface area (Å²) in [6.45, 7) is 0.